The van der Waals surface area contributed by atoms with Gasteiger partial charge in [-0.2, -0.15) is 11.8 Å². The molecule has 0 heterocycles. The minimum atomic E-state index is 0.319. The second-order valence-electron chi connectivity index (χ2n) is 4.22. The van der Waals surface area contributed by atoms with Crippen LogP contribution in [0, 0.1) is 0 Å². The summed E-state index contributed by atoms with van der Waals surface area (Å²) in [6.45, 7) is 7.14. The van der Waals surface area contributed by atoms with Crippen molar-refractivity contribution < 1.29 is 4.74 Å². The van der Waals surface area contributed by atoms with Gasteiger partial charge in [0.05, 0.1) is 6.61 Å². The van der Waals surface area contributed by atoms with E-state index in [1.54, 1.807) is 0 Å². The van der Waals surface area contributed by atoms with Gasteiger partial charge in [0.2, 0.25) is 0 Å². The van der Waals surface area contributed by atoms with Crippen molar-refractivity contribution in [3.05, 3.63) is 29.8 Å². The third kappa shape index (κ3) is 4.60. The van der Waals surface area contributed by atoms with Gasteiger partial charge in [0.15, 0.2) is 0 Å². The second-order valence-corrected chi connectivity index (χ2v) is 5.13. The van der Waals surface area contributed by atoms with E-state index < -0.39 is 0 Å². The first-order valence-corrected chi connectivity index (χ1v) is 7.55. The van der Waals surface area contributed by atoms with E-state index in [4.69, 9.17) is 4.74 Å². The maximum Gasteiger partial charge on any atom is 0.124 e. The molecule has 17 heavy (non-hydrogen) atoms. The van der Waals surface area contributed by atoms with Crippen LogP contribution < -0.4 is 10.1 Å². The largest absolute Gasteiger partial charge is 0.494 e. The number of hydrogen-bond donors (Lipinski definition) is 1. The minimum absolute atomic E-state index is 0.319. The van der Waals surface area contributed by atoms with Crippen molar-refractivity contribution >= 4 is 11.8 Å². The summed E-state index contributed by atoms with van der Waals surface area (Å²) in [7, 11) is 0. The Bertz CT molecular complexity index is 330. The molecule has 0 aromatic heterocycles. The molecule has 3 heteroatoms. The van der Waals surface area contributed by atoms with Crippen molar-refractivity contribution in [3.8, 4) is 5.75 Å². The van der Waals surface area contributed by atoms with Gasteiger partial charge in [0.1, 0.15) is 5.75 Å². The number of thioether (sulfide) groups is 1. The Labute approximate surface area is 109 Å². The Hall–Kier alpha value is -0.670. The minimum Gasteiger partial charge on any atom is -0.494 e. The fourth-order valence-electron chi connectivity index (χ4n) is 1.94. The molecule has 2 unspecified atom stereocenters. The lowest BCUT2D eigenvalue weighted by Crippen LogP contribution is -2.31. The molecule has 1 rings (SSSR count). The molecular weight excluding hydrogens is 230 g/mol. The zero-order chi connectivity index (χ0) is 12.7. The highest BCUT2D eigenvalue weighted by Crippen LogP contribution is 2.25. The number of ether oxygens (including phenoxy) is 1. The molecule has 0 radical (unpaired) electrons. The molecule has 1 aromatic carbocycles. The van der Waals surface area contributed by atoms with E-state index in [-0.39, 0.29) is 0 Å². The molecule has 2 atom stereocenters. The van der Waals surface area contributed by atoms with E-state index in [2.05, 4.69) is 37.6 Å². The van der Waals surface area contributed by atoms with Crippen LogP contribution >= 0.6 is 11.8 Å². The molecule has 0 spiro atoms. The van der Waals surface area contributed by atoms with Crippen LogP contribution in [0.5, 0.6) is 5.75 Å². The third-order valence-corrected chi connectivity index (χ3v) is 3.47. The van der Waals surface area contributed by atoms with Crippen molar-refractivity contribution in [2.75, 3.05) is 18.6 Å². The predicted molar refractivity (Wildman–Crippen MR) is 77.0 cm³/mol. The van der Waals surface area contributed by atoms with E-state index >= 15 is 0 Å². The summed E-state index contributed by atoms with van der Waals surface area (Å²) in [6.07, 6.45) is 2.14. The van der Waals surface area contributed by atoms with Crippen LogP contribution in [0.15, 0.2) is 24.3 Å². The highest BCUT2D eigenvalue weighted by molar-refractivity contribution is 7.98. The summed E-state index contributed by atoms with van der Waals surface area (Å²) in [5, 5.41) is 3.60. The average molecular weight is 253 g/mol. The number of para-hydroxylation sites is 1. The molecule has 0 fully saturated rings. The molecule has 96 valence electrons. The molecular formula is C14H23NOS. The first kappa shape index (κ1) is 14.4. The average Bonchev–Trinajstić information content (AvgIpc) is 2.30. The lowest BCUT2D eigenvalue weighted by atomic mass is 10.1. The van der Waals surface area contributed by atoms with Gasteiger partial charge in [-0.3, -0.25) is 0 Å². The molecule has 0 aliphatic carbocycles. The van der Waals surface area contributed by atoms with Crippen LogP contribution in [0.25, 0.3) is 0 Å². The quantitative estimate of drug-likeness (QED) is 0.804. The van der Waals surface area contributed by atoms with Gasteiger partial charge in [-0.05, 0) is 33.1 Å². The summed E-state index contributed by atoms with van der Waals surface area (Å²) in [5.74, 6) is 2.12. The van der Waals surface area contributed by atoms with E-state index in [1.165, 1.54) is 5.56 Å². The summed E-state index contributed by atoms with van der Waals surface area (Å²) in [5.41, 5.74) is 1.24. The summed E-state index contributed by atoms with van der Waals surface area (Å²) < 4.78 is 5.65. The normalized spacial score (nSPS) is 14.4. The second kappa shape index (κ2) is 7.62. The van der Waals surface area contributed by atoms with Gasteiger partial charge in [-0.25, -0.2) is 0 Å². The maximum atomic E-state index is 5.65. The fourth-order valence-corrected chi connectivity index (χ4v) is 2.54. The molecule has 1 N–H and O–H groups in total. The molecule has 0 aliphatic rings. The van der Waals surface area contributed by atoms with Gasteiger partial charge in [0, 0.05) is 23.4 Å². The lowest BCUT2D eigenvalue weighted by Gasteiger charge is -2.21. The highest BCUT2D eigenvalue weighted by atomic mass is 32.2. The zero-order valence-electron chi connectivity index (χ0n) is 11.2. The van der Waals surface area contributed by atoms with Gasteiger partial charge >= 0.3 is 0 Å². The van der Waals surface area contributed by atoms with E-state index in [0.29, 0.717) is 18.7 Å². The molecule has 0 aliphatic heterocycles. The molecule has 0 saturated heterocycles. The topological polar surface area (TPSA) is 21.3 Å². The number of rotatable bonds is 7. The number of hydrogen-bond acceptors (Lipinski definition) is 3. The standard InChI is InChI=1S/C14H23NOS/c1-5-16-14-9-7-6-8-13(14)12(3)15-11(2)10-17-4/h6-9,11-12,15H,5,10H2,1-4H3. The van der Waals surface area contributed by atoms with Crippen LogP contribution in [0.1, 0.15) is 32.4 Å². The third-order valence-electron chi connectivity index (χ3n) is 2.64. The number of benzene rings is 1. The van der Waals surface area contributed by atoms with Gasteiger partial charge in [0.25, 0.3) is 0 Å². The van der Waals surface area contributed by atoms with Gasteiger partial charge < -0.3 is 10.1 Å². The SMILES string of the molecule is CCOc1ccccc1C(C)NC(C)CSC. The van der Waals surface area contributed by atoms with E-state index in [1.807, 2.05) is 30.8 Å². The molecule has 0 amide bonds. The first-order chi connectivity index (χ1) is 8.19. The van der Waals surface area contributed by atoms with Crippen LogP contribution in [0.2, 0.25) is 0 Å². The maximum absolute atomic E-state index is 5.65. The molecule has 2 nitrogen and oxygen atoms in total. The Morgan fingerprint density at radius 2 is 2.00 bits per heavy atom. The lowest BCUT2D eigenvalue weighted by molar-refractivity contribution is 0.331. The Balaban J connectivity index is 2.70. The van der Waals surface area contributed by atoms with E-state index in [0.717, 1.165) is 11.5 Å². The van der Waals surface area contributed by atoms with Crippen LogP contribution in [-0.4, -0.2) is 24.7 Å². The Kier molecular flexibility index (Phi) is 6.45. The zero-order valence-corrected chi connectivity index (χ0v) is 12.0. The van der Waals surface area contributed by atoms with Crippen LogP contribution in [0.3, 0.4) is 0 Å². The summed E-state index contributed by atoms with van der Waals surface area (Å²) in [6, 6.07) is 9.08. The van der Waals surface area contributed by atoms with Crippen molar-refractivity contribution in [1.82, 2.24) is 5.32 Å². The number of nitrogens with one attached hydrogen (secondary N) is 1. The van der Waals surface area contributed by atoms with Crippen molar-refractivity contribution in [2.24, 2.45) is 0 Å². The van der Waals surface area contributed by atoms with E-state index in [9.17, 15) is 0 Å². The Morgan fingerprint density at radius 1 is 1.29 bits per heavy atom. The molecule has 0 bridgehead atoms. The molecule has 0 saturated carbocycles. The van der Waals surface area contributed by atoms with Crippen molar-refractivity contribution in [3.63, 3.8) is 0 Å². The predicted octanol–water partition coefficient (Wildman–Crippen LogP) is 3.49. The van der Waals surface area contributed by atoms with Gasteiger partial charge in [-0.1, -0.05) is 18.2 Å². The first-order valence-electron chi connectivity index (χ1n) is 6.15. The van der Waals surface area contributed by atoms with Gasteiger partial charge in [-0.15, -0.1) is 0 Å². The van der Waals surface area contributed by atoms with Crippen LogP contribution in [-0.2, 0) is 0 Å². The molecule has 1 aromatic rings. The summed E-state index contributed by atoms with van der Waals surface area (Å²) in [4.78, 5) is 0. The fraction of sp³-hybridized carbons (Fsp3) is 0.571. The summed E-state index contributed by atoms with van der Waals surface area (Å²) >= 11 is 1.87. The van der Waals surface area contributed by atoms with Crippen molar-refractivity contribution in [1.29, 1.82) is 0 Å². The Morgan fingerprint density at radius 3 is 2.65 bits per heavy atom. The monoisotopic (exact) mass is 253 g/mol. The van der Waals surface area contributed by atoms with Crippen LogP contribution in [0.4, 0.5) is 0 Å². The smallest absolute Gasteiger partial charge is 0.124 e. The van der Waals surface area contributed by atoms with Crippen molar-refractivity contribution in [2.45, 2.75) is 32.9 Å². The highest BCUT2D eigenvalue weighted by Gasteiger charge is 2.13.